The highest BCUT2D eigenvalue weighted by Crippen LogP contribution is 2.37. The number of hydrogen-bond donors (Lipinski definition) is 2. The summed E-state index contributed by atoms with van der Waals surface area (Å²) in [6.07, 6.45) is 3.21. The van der Waals surface area contributed by atoms with Crippen molar-refractivity contribution >= 4 is 12.0 Å². The zero-order valence-corrected chi connectivity index (χ0v) is 11.4. The summed E-state index contributed by atoms with van der Waals surface area (Å²) in [4.78, 5) is 25.1. The predicted octanol–water partition coefficient (Wildman–Crippen LogP) is 1.06. The Kier molecular flexibility index (Phi) is 4.29. The van der Waals surface area contributed by atoms with Gasteiger partial charge in [0.1, 0.15) is 0 Å². The number of amides is 2. The van der Waals surface area contributed by atoms with Crippen LogP contribution in [-0.2, 0) is 9.53 Å². The molecule has 1 saturated carbocycles. The molecule has 0 bridgehead atoms. The molecule has 2 N–H and O–H groups in total. The van der Waals surface area contributed by atoms with Crippen LogP contribution in [0.15, 0.2) is 0 Å². The molecule has 19 heavy (non-hydrogen) atoms. The van der Waals surface area contributed by atoms with E-state index in [1.165, 1.54) is 0 Å². The summed E-state index contributed by atoms with van der Waals surface area (Å²) in [6.45, 7) is 3.82. The van der Waals surface area contributed by atoms with E-state index in [0.29, 0.717) is 32.5 Å². The van der Waals surface area contributed by atoms with Crippen LogP contribution in [0, 0.1) is 5.41 Å². The molecule has 1 unspecified atom stereocenters. The lowest BCUT2D eigenvalue weighted by molar-refractivity contribution is -0.148. The Hall–Kier alpha value is -1.30. The topological polar surface area (TPSA) is 78.9 Å². The minimum absolute atomic E-state index is 0.0411. The number of morpholine rings is 1. The molecule has 2 aliphatic rings. The first-order valence-corrected chi connectivity index (χ1v) is 6.91. The number of carboxylic acids is 1. The van der Waals surface area contributed by atoms with Crippen LogP contribution in [0.3, 0.4) is 0 Å². The maximum Gasteiger partial charge on any atom is 0.317 e. The average molecular weight is 270 g/mol. The number of carboxylic acid groups (broad SMARTS) is 1. The third-order valence-electron chi connectivity index (χ3n) is 4.12. The van der Waals surface area contributed by atoms with Gasteiger partial charge in [-0.1, -0.05) is 12.8 Å². The third kappa shape index (κ3) is 3.18. The zero-order valence-electron chi connectivity index (χ0n) is 11.4. The first kappa shape index (κ1) is 14.1. The molecule has 2 fully saturated rings. The van der Waals surface area contributed by atoms with Crippen molar-refractivity contribution in [3.05, 3.63) is 0 Å². The highest BCUT2D eigenvalue weighted by molar-refractivity contribution is 5.78. The van der Waals surface area contributed by atoms with Gasteiger partial charge in [0.2, 0.25) is 0 Å². The molecule has 1 aliphatic carbocycles. The zero-order chi connectivity index (χ0) is 13.9. The lowest BCUT2D eigenvalue weighted by Gasteiger charge is -2.32. The summed E-state index contributed by atoms with van der Waals surface area (Å²) in [5.74, 6) is -0.791. The second-order valence-corrected chi connectivity index (χ2v) is 5.58. The van der Waals surface area contributed by atoms with Crippen LogP contribution >= 0.6 is 0 Å². The Morgan fingerprint density at radius 1 is 1.42 bits per heavy atom. The molecule has 6 heteroatoms. The molecule has 1 saturated heterocycles. The van der Waals surface area contributed by atoms with Crippen LogP contribution in [0.25, 0.3) is 0 Å². The summed E-state index contributed by atoms with van der Waals surface area (Å²) < 4.78 is 5.38. The Bertz CT molecular complexity index is 353. The Morgan fingerprint density at radius 3 is 2.68 bits per heavy atom. The van der Waals surface area contributed by atoms with Gasteiger partial charge in [0.05, 0.1) is 18.1 Å². The van der Waals surface area contributed by atoms with Gasteiger partial charge in [0, 0.05) is 19.6 Å². The Labute approximate surface area is 113 Å². The minimum atomic E-state index is -0.791. The Balaban J connectivity index is 1.87. The van der Waals surface area contributed by atoms with Gasteiger partial charge in [-0.25, -0.2) is 4.79 Å². The van der Waals surface area contributed by atoms with Crippen molar-refractivity contribution in [1.82, 2.24) is 10.2 Å². The van der Waals surface area contributed by atoms with Gasteiger partial charge in [-0.15, -0.1) is 0 Å². The SMILES string of the molecule is CC1CN(C(=O)NCC2(C(=O)O)CCCC2)CCO1. The molecule has 0 aromatic carbocycles. The third-order valence-corrected chi connectivity index (χ3v) is 4.12. The number of nitrogens with one attached hydrogen (secondary N) is 1. The van der Waals surface area contributed by atoms with Gasteiger partial charge in [-0.2, -0.15) is 0 Å². The monoisotopic (exact) mass is 270 g/mol. The van der Waals surface area contributed by atoms with E-state index in [9.17, 15) is 14.7 Å². The second-order valence-electron chi connectivity index (χ2n) is 5.58. The summed E-state index contributed by atoms with van der Waals surface area (Å²) >= 11 is 0. The highest BCUT2D eigenvalue weighted by atomic mass is 16.5. The van der Waals surface area contributed by atoms with Gasteiger partial charge >= 0.3 is 12.0 Å². The number of carbonyl (C=O) groups excluding carboxylic acids is 1. The lowest BCUT2D eigenvalue weighted by atomic mass is 9.86. The van der Waals surface area contributed by atoms with Crippen molar-refractivity contribution in [2.45, 2.75) is 38.7 Å². The molecule has 0 aromatic heterocycles. The lowest BCUT2D eigenvalue weighted by Crippen LogP contribution is -2.51. The van der Waals surface area contributed by atoms with E-state index in [1.807, 2.05) is 6.92 Å². The van der Waals surface area contributed by atoms with E-state index >= 15 is 0 Å². The molecular formula is C13H22N2O4. The number of nitrogens with zero attached hydrogens (tertiary/aromatic N) is 1. The number of ether oxygens (including phenoxy) is 1. The number of urea groups is 1. The number of rotatable bonds is 3. The first-order chi connectivity index (χ1) is 9.03. The fourth-order valence-corrected chi connectivity index (χ4v) is 2.88. The molecule has 2 amide bonds. The van der Waals surface area contributed by atoms with E-state index in [2.05, 4.69) is 5.32 Å². The van der Waals surface area contributed by atoms with E-state index in [1.54, 1.807) is 4.90 Å². The van der Waals surface area contributed by atoms with Gasteiger partial charge < -0.3 is 20.1 Å². The summed E-state index contributed by atoms with van der Waals surface area (Å²) in [5.41, 5.74) is -0.756. The van der Waals surface area contributed by atoms with Crippen LogP contribution in [0.4, 0.5) is 4.79 Å². The van der Waals surface area contributed by atoms with Gasteiger partial charge in [0.25, 0.3) is 0 Å². The maximum atomic E-state index is 12.0. The van der Waals surface area contributed by atoms with Crippen molar-refractivity contribution < 1.29 is 19.4 Å². The average Bonchev–Trinajstić information content (AvgIpc) is 2.86. The molecular weight excluding hydrogens is 248 g/mol. The Morgan fingerprint density at radius 2 is 2.11 bits per heavy atom. The van der Waals surface area contributed by atoms with Crippen LogP contribution in [0.1, 0.15) is 32.6 Å². The smallest absolute Gasteiger partial charge is 0.317 e. The van der Waals surface area contributed by atoms with E-state index in [-0.39, 0.29) is 18.7 Å². The summed E-state index contributed by atoms with van der Waals surface area (Å²) in [6, 6.07) is -0.178. The molecule has 0 spiro atoms. The quantitative estimate of drug-likeness (QED) is 0.803. The predicted molar refractivity (Wildman–Crippen MR) is 68.9 cm³/mol. The fraction of sp³-hybridized carbons (Fsp3) is 0.846. The van der Waals surface area contributed by atoms with Crippen LogP contribution < -0.4 is 5.32 Å². The number of hydrogen-bond acceptors (Lipinski definition) is 3. The van der Waals surface area contributed by atoms with Crippen molar-refractivity contribution in [3.8, 4) is 0 Å². The largest absolute Gasteiger partial charge is 0.481 e. The summed E-state index contributed by atoms with van der Waals surface area (Å²) in [7, 11) is 0. The van der Waals surface area contributed by atoms with E-state index < -0.39 is 11.4 Å². The molecule has 6 nitrogen and oxygen atoms in total. The number of carbonyl (C=O) groups is 2. The highest BCUT2D eigenvalue weighted by Gasteiger charge is 2.41. The van der Waals surface area contributed by atoms with Crippen molar-refractivity contribution in [1.29, 1.82) is 0 Å². The maximum absolute atomic E-state index is 12.0. The normalized spacial score (nSPS) is 26.2. The van der Waals surface area contributed by atoms with Crippen molar-refractivity contribution in [3.63, 3.8) is 0 Å². The van der Waals surface area contributed by atoms with Gasteiger partial charge in [0.15, 0.2) is 0 Å². The standard InChI is InChI=1S/C13H22N2O4/c1-10-8-15(6-7-19-10)12(18)14-9-13(11(16)17)4-2-3-5-13/h10H,2-9H2,1H3,(H,14,18)(H,16,17). The van der Waals surface area contributed by atoms with Crippen molar-refractivity contribution in [2.75, 3.05) is 26.2 Å². The van der Waals surface area contributed by atoms with Crippen LogP contribution in [0.5, 0.6) is 0 Å². The molecule has 2 rings (SSSR count). The second kappa shape index (κ2) is 5.77. The van der Waals surface area contributed by atoms with Gasteiger partial charge in [-0.3, -0.25) is 4.79 Å². The van der Waals surface area contributed by atoms with E-state index in [4.69, 9.17) is 4.74 Å². The molecule has 0 radical (unpaired) electrons. The molecule has 1 heterocycles. The molecule has 108 valence electrons. The van der Waals surface area contributed by atoms with Crippen molar-refractivity contribution in [2.24, 2.45) is 5.41 Å². The molecule has 1 atom stereocenters. The van der Waals surface area contributed by atoms with E-state index in [0.717, 1.165) is 12.8 Å². The van der Waals surface area contributed by atoms with Crippen LogP contribution in [-0.4, -0.2) is 54.4 Å². The fourth-order valence-electron chi connectivity index (χ4n) is 2.88. The summed E-state index contributed by atoms with van der Waals surface area (Å²) in [5, 5.41) is 12.1. The van der Waals surface area contributed by atoms with Crippen LogP contribution in [0.2, 0.25) is 0 Å². The number of aliphatic carboxylic acids is 1. The molecule has 1 aliphatic heterocycles. The molecule has 0 aromatic rings. The first-order valence-electron chi connectivity index (χ1n) is 6.91. The van der Waals surface area contributed by atoms with Gasteiger partial charge in [-0.05, 0) is 19.8 Å². The minimum Gasteiger partial charge on any atom is -0.481 e.